The van der Waals surface area contributed by atoms with Crippen LogP contribution >= 0.6 is 0 Å². The first-order valence-electron chi connectivity index (χ1n) is 11.0. The van der Waals surface area contributed by atoms with Gasteiger partial charge in [-0.2, -0.15) is 0 Å². The number of piperidine rings is 1. The Kier molecular flexibility index (Phi) is 8.45. The van der Waals surface area contributed by atoms with E-state index in [0.717, 1.165) is 44.6 Å². The van der Waals surface area contributed by atoms with Gasteiger partial charge >= 0.3 is 5.97 Å². The Bertz CT molecular complexity index is 787. The molecule has 0 radical (unpaired) electrons. The summed E-state index contributed by atoms with van der Waals surface area (Å²) in [5.74, 6) is -0.695. The molecule has 5 nitrogen and oxygen atoms in total. The van der Waals surface area contributed by atoms with Crippen LogP contribution in [0.25, 0.3) is 0 Å². The number of likely N-dealkylation sites (tertiary alicyclic amines) is 1. The van der Waals surface area contributed by atoms with Crippen LogP contribution in [0.1, 0.15) is 44.1 Å². The maximum Gasteiger partial charge on any atom is 0.303 e. The number of aliphatic carboxylic acids is 1. The van der Waals surface area contributed by atoms with Gasteiger partial charge in [0.15, 0.2) is 0 Å². The van der Waals surface area contributed by atoms with Gasteiger partial charge in [-0.3, -0.25) is 9.59 Å². The van der Waals surface area contributed by atoms with E-state index in [9.17, 15) is 9.59 Å². The van der Waals surface area contributed by atoms with Crippen LogP contribution in [0.3, 0.4) is 0 Å². The van der Waals surface area contributed by atoms with Crippen molar-refractivity contribution >= 4 is 17.6 Å². The summed E-state index contributed by atoms with van der Waals surface area (Å²) < 4.78 is 0. The number of carbonyl (C=O) groups excluding carboxylic acids is 1. The van der Waals surface area contributed by atoms with Crippen LogP contribution in [0.2, 0.25) is 0 Å². The van der Waals surface area contributed by atoms with Crippen molar-refractivity contribution in [2.45, 2.75) is 51.0 Å². The zero-order chi connectivity index (χ0) is 21.2. The molecule has 5 heteroatoms. The minimum absolute atomic E-state index is 0.106. The first-order valence-corrected chi connectivity index (χ1v) is 11.0. The van der Waals surface area contributed by atoms with Crippen molar-refractivity contribution in [3.63, 3.8) is 0 Å². The molecular weight excluding hydrogens is 376 g/mol. The summed E-state index contributed by atoms with van der Waals surface area (Å²) >= 11 is 0. The van der Waals surface area contributed by atoms with Crippen molar-refractivity contribution in [1.29, 1.82) is 0 Å². The van der Waals surface area contributed by atoms with Gasteiger partial charge < -0.3 is 14.9 Å². The molecule has 0 aliphatic carbocycles. The second-order valence-electron chi connectivity index (χ2n) is 8.01. The lowest BCUT2D eigenvalue weighted by Gasteiger charge is -2.38. The fraction of sp³-hybridized carbons (Fsp3) is 0.440. The van der Waals surface area contributed by atoms with Crippen LogP contribution in [-0.4, -0.2) is 47.6 Å². The third kappa shape index (κ3) is 6.70. The van der Waals surface area contributed by atoms with Crippen LogP contribution in [0.15, 0.2) is 60.7 Å². The number of nitrogens with zero attached hydrogens (tertiary/aromatic N) is 2. The topological polar surface area (TPSA) is 60.9 Å². The van der Waals surface area contributed by atoms with Crippen molar-refractivity contribution in [3.05, 3.63) is 66.2 Å². The van der Waals surface area contributed by atoms with Gasteiger partial charge in [-0.25, -0.2) is 0 Å². The number of anilines is 1. The van der Waals surface area contributed by atoms with Crippen LogP contribution < -0.4 is 4.90 Å². The number of carboxylic acids is 1. The minimum Gasteiger partial charge on any atom is -0.481 e. The summed E-state index contributed by atoms with van der Waals surface area (Å²) in [5.41, 5.74) is 2.31. The van der Waals surface area contributed by atoms with Crippen LogP contribution in [0, 0.1) is 0 Å². The highest BCUT2D eigenvalue weighted by Crippen LogP contribution is 2.25. The Morgan fingerprint density at radius 2 is 1.50 bits per heavy atom. The van der Waals surface area contributed by atoms with E-state index in [4.69, 9.17) is 5.11 Å². The quantitative estimate of drug-likeness (QED) is 0.593. The molecule has 1 saturated heterocycles. The summed E-state index contributed by atoms with van der Waals surface area (Å²) in [5, 5.41) is 8.81. The van der Waals surface area contributed by atoms with Gasteiger partial charge in [0, 0.05) is 44.2 Å². The number of hydrogen-bond donors (Lipinski definition) is 1. The summed E-state index contributed by atoms with van der Waals surface area (Å²) in [6.07, 6.45) is 4.66. The van der Waals surface area contributed by atoms with Crippen molar-refractivity contribution < 1.29 is 14.7 Å². The molecule has 1 aliphatic heterocycles. The van der Waals surface area contributed by atoms with Gasteiger partial charge in [-0.15, -0.1) is 0 Å². The second kappa shape index (κ2) is 11.5. The molecule has 30 heavy (non-hydrogen) atoms. The van der Waals surface area contributed by atoms with Gasteiger partial charge in [0.1, 0.15) is 0 Å². The number of hydrogen-bond acceptors (Lipinski definition) is 3. The average molecular weight is 409 g/mol. The molecule has 2 aromatic carbocycles. The molecule has 3 rings (SSSR count). The predicted octanol–water partition coefficient (Wildman–Crippen LogP) is 4.37. The highest BCUT2D eigenvalue weighted by Gasteiger charge is 2.28. The number of carbonyl (C=O) groups is 2. The van der Waals surface area contributed by atoms with Gasteiger partial charge in [-0.05, 0) is 49.8 Å². The summed E-state index contributed by atoms with van der Waals surface area (Å²) in [7, 11) is 0. The number of benzene rings is 2. The van der Waals surface area contributed by atoms with Crippen molar-refractivity contribution in [2.24, 2.45) is 0 Å². The molecule has 0 bridgehead atoms. The molecule has 0 atom stereocenters. The molecule has 0 unspecified atom stereocenters. The monoisotopic (exact) mass is 408 g/mol. The smallest absolute Gasteiger partial charge is 0.303 e. The molecule has 2 aromatic rings. The van der Waals surface area contributed by atoms with E-state index in [1.807, 2.05) is 41.3 Å². The molecule has 1 fully saturated rings. The zero-order valence-corrected chi connectivity index (χ0v) is 17.6. The number of para-hydroxylation sites is 1. The lowest BCUT2D eigenvalue weighted by Crippen LogP contribution is -2.48. The maximum atomic E-state index is 13.0. The van der Waals surface area contributed by atoms with Gasteiger partial charge in [0.25, 0.3) is 0 Å². The number of rotatable bonds is 10. The predicted molar refractivity (Wildman–Crippen MR) is 120 cm³/mol. The first kappa shape index (κ1) is 22.0. The maximum absolute atomic E-state index is 13.0. The minimum atomic E-state index is -0.801. The number of unbranched alkanes of at least 4 members (excludes halogenated alkanes) is 1. The molecule has 0 saturated carbocycles. The highest BCUT2D eigenvalue weighted by atomic mass is 16.4. The third-order valence-electron chi connectivity index (χ3n) is 5.82. The normalized spacial score (nSPS) is 15.1. The summed E-state index contributed by atoms with van der Waals surface area (Å²) in [4.78, 5) is 28.2. The Hall–Kier alpha value is -2.66. The molecule has 1 N–H and O–H groups in total. The molecule has 160 valence electrons. The number of carboxylic acid groups (broad SMARTS) is 1. The van der Waals surface area contributed by atoms with Gasteiger partial charge in [-0.1, -0.05) is 48.5 Å². The van der Waals surface area contributed by atoms with Gasteiger partial charge in [0.2, 0.25) is 5.91 Å². The number of amides is 1. The fourth-order valence-electron chi connectivity index (χ4n) is 4.15. The van der Waals surface area contributed by atoms with E-state index in [2.05, 4.69) is 29.2 Å². The molecule has 0 aromatic heterocycles. The lowest BCUT2D eigenvalue weighted by molar-refractivity contribution is -0.137. The van der Waals surface area contributed by atoms with Crippen LogP contribution in [0.5, 0.6) is 0 Å². The Labute approximate surface area is 179 Å². The Balaban J connectivity index is 1.55. The van der Waals surface area contributed by atoms with E-state index in [0.29, 0.717) is 19.3 Å². The Morgan fingerprint density at radius 3 is 2.13 bits per heavy atom. The molecule has 1 amide bonds. The van der Waals surface area contributed by atoms with Crippen molar-refractivity contribution in [3.8, 4) is 0 Å². The first-order chi connectivity index (χ1) is 14.6. The fourth-order valence-corrected chi connectivity index (χ4v) is 4.15. The van der Waals surface area contributed by atoms with E-state index < -0.39 is 5.97 Å². The van der Waals surface area contributed by atoms with Crippen LogP contribution in [-0.2, 0) is 16.0 Å². The molecule has 1 aliphatic rings. The molecular formula is C25H32N2O3. The third-order valence-corrected chi connectivity index (χ3v) is 5.82. The summed E-state index contributed by atoms with van der Waals surface area (Å²) in [6.45, 7) is 3.03. The Morgan fingerprint density at radius 1 is 0.900 bits per heavy atom. The standard InChI is InChI=1S/C25H32N2O3/c28-24(13-7-8-14-25(29)30)27(22-11-5-2-6-12-22)23-16-19-26(20-17-23)18-15-21-9-3-1-4-10-21/h1-6,9-12,23H,7-8,13-20H2,(H,29,30). The highest BCUT2D eigenvalue weighted by molar-refractivity contribution is 5.94. The molecule has 1 heterocycles. The largest absolute Gasteiger partial charge is 0.481 e. The SMILES string of the molecule is O=C(O)CCCCC(=O)N(c1ccccc1)C1CCN(CCc2ccccc2)CC1. The van der Waals surface area contributed by atoms with Gasteiger partial charge in [0.05, 0.1) is 0 Å². The second-order valence-corrected chi connectivity index (χ2v) is 8.01. The van der Waals surface area contributed by atoms with E-state index in [1.54, 1.807) is 0 Å². The van der Waals surface area contributed by atoms with E-state index in [1.165, 1.54) is 5.56 Å². The average Bonchev–Trinajstić information content (AvgIpc) is 2.78. The lowest BCUT2D eigenvalue weighted by atomic mass is 10.0. The zero-order valence-electron chi connectivity index (χ0n) is 17.6. The van der Waals surface area contributed by atoms with E-state index in [-0.39, 0.29) is 18.4 Å². The molecule has 0 spiro atoms. The summed E-state index contributed by atoms with van der Waals surface area (Å²) in [6, 6.07) is 20.7. The van der Waals surface area contributed by atoms with Crippen molar-refractivity contribution in [1.82, 2.24) is 4.90 Å². The van der Waals surface area contributed by atoms with Crippen molar-refractivity contribution in [2.75, 3.05) is 24.5 Å². The van der Waals surface area contributed by atoms with Crippen LogP contribution in [0.4, 0.5) is 5.69 Å². The van der Waals surface area contributed by atoms with E-state index >= 15 is 0 Å².